The Hall–Kier alpha value is -2.23. The van der Waals surface area contributed by atoms with E-state index in [9.17, 15) is 14.4 Å². The fraction of sp³-hybridized carbons (Fsp3) is 0.870. The molecule has 0 unspecified atom stereocenters. The summed E-state index contributed by atoms with van der Waals surface area (Å²) in [5.74, 6) is 0. The molecule has 1 fully saturated rings. The highest BCUT2D eigenvalue weighted by Crippen LogP contribution is 2.14. The molecule has 1 rings (SSSR count). The molecule has 1 aliphatic heterocycles. The van der Waals surface area contributed by atoms with Gasteiger partial charge >= 0.3 is 18.3 Å². The zero-order chi connectivity index (χ0) is 25.4. The molecule has 1 N–H and O–H groups in total. The molecule has 0 radical (unpaired) electrons. The van der Waals surface area contributed by atoms with Gasteiger partial charge in [0.25, 0.3) is 0 Å². The number of amides is 3. The number of carbonyl (C=O) groups is 3. The molecule has 0 spiro atoms. The molecule has 33 heavy (non-hydrogen) atoms. The van der Waals surface area contributed by atoms with Crippen molar-refractivity contribution in [2.45, 2.75) is 85.5 Å². The Bertz CT molecular complexity index is 663. The first kappa shape index (κ1) is 28.8. The second kappa shape index (κ2) is 11.8. The van der Waals surface area contributed by atoms with Crippen molar-refractivity contribution in [1.82, 2.24) is 20.0 Å². The summed E-state index contributed by atoms with van der Waals surface area (Å²) in [5, 5.41) is 3.19. The lowest BCUT2D eigenvalue weighted by Crippen LogP contribution is -2.50. The lowest BCUT2D eigenvalue weighted by atomic mass is 10.2. The van der Waals surface area contributed by atoms with Gasteiger partial charge in [-0.05, 0) is 68.7 Å². The number of rotatable bonds is 0. The first-order valence-electron chi connectivity index (χ1n) is 11.6. The molecular weight excluding hydrogens is 428 g/mol. The third-order valence-corrected chi connectivity index (χ3v) is 4.31. The van der Waals surface area contributed by atoms with E-state index in [1.54, 1.807) is 30.6 Å². The van der Waals surface area contributed by atoms with Crippen LogP contribution < -0.4 is 5.32 Å². The van der Waals surface area contributed by atoms with E-state index in [-0.39, 0.29) is 19.8 Å². The zero-order valence-corrected chi connectivity index (χ0v) is 21.9. The number of hydrogen-bond donors (Lipinski definition) is 1. The Morgan fingerprint density at radius 2 is 0.939 bits per heavy atom. The average Bonchev–Trinajstić information content (AvgIpc) is 2.57. The minimum atomic E-state index is -0.643. The van der Waals surface area contributed by atoms with Crippen LogP contribution in [-0.2, 0) is 14.2 Å². The number of carbonyl (C=O) groups excluding carboxylic acids is 3. The minimum Gasteiger partial charge on any atom is -0.444 e. The van der Waals surface area contributed by atoms with Crippen LogP contribution in [0.4, 0.5) is 14.4 Å². The van der Waals surface area contributed by atoms with Crippen molar-refractivity contribution in [3.8, 4) is 0 Å². The second-order valence-electron chi connectivity index (χ2n) is 11.2. The molecule has 0 aromatic heterocycles. The second-order valence-corrected chi connectivity index (χ2v) is 11.2. The number of ether oxygens (including phenoxy) is 3. The van der Waals surface area contributed by atoms with Crippen molar-refractivity contribution >= 4 is 18.3 Å². The quantitative estimate of drug-likeness (QED) is 0.537. The maximum atomic E-state index is 12.8. The molecular formula is C23H44N4O6. The molecule has 0 aromatic rings. The van der Waals surface area contributed by atoms with Gasteiger partial charge < -0.3 is 24.0 Å². The molecule has 1 aliphatic rings. The molecule has 10 nitrogen and oxygen atoms in total. The smallest absolute Gasteiger partial charge is 0.411 e. The van der Waals surface area contributed by atoms with Crippen LogP contribution in [0.25, 0.3) is 0 Å². The summed E-state index contributed by atoms with van der Waals surface area (Å²) in [7, 11) is 0. The lowest BCUT2D eigenvalue weighted by Gasteiger charge is -2.33. The summed E-state index contributed by atoms with van der Waals surface area (Å²) >= 11 is 0. The summed E-state index contributed by atoms with van der Waals surface area (Å²) in [6, 6.07) is 0. The third kappa shape index (κ3) is 12.6. The highest BCUT2D eigenvalue weighted by atomic mass is 16.6. The van der Waals surface area contributed by atoms with E-state index in [4.69, 9.17) is 14.2 Å². The molecule has 0 bridgehead atoms. The minimum absolute atomic E-state index is 0.221. The highest BCUT2D eigenvalue weighted by Gasteiger charge is 2.27. The summed E-state index contributed by atoms with van der Waals surface area (Å²) in [5.41, 5.74) is -1.89. The van der Waals surface area contributed by atoms with Gasteiger partial charge in [-0.1, -0.05) is 0 Å². The van der Waals surface area contributed by atoms with Crippen LogP contribution in [0, 0.1) is 0 Å². The largest absolute Gasteiger partial charge is 0.444 e. The molecule has 0 aromatic carbocycles. The van der Waals surface area contributed by atoms with E-state index >= 15 is 0 Å². The summed E-state index contributed by atoms with van der Waals surface area (Å²) in [4.78, 5) is 42.8. The Labute approximate surface area is 198 Å². The van der Waals surface area contributed by atoms with E-state index in [0.29, 0.717) is 32.6 Å². The Kier molecular flexibility index (Phi) is 10.3. The normalized spacial score (nSPS) is 17.5. The van der Waals surface area contributed by atoms with E-state index in [0.717, 1.165) is 0 Å². The monoisotopic (exact) mass is 472 g/mol. The first-order chi connectivity index (χ1) is 15.0. The molecule has 1 heterocycles. The van der Waals surface area contributed by atoms with E-state index in [1.807, 2.05) is 41.5 Å². The maximum absolute atomic E-state index is 12.8. The van der Waals surface area contributed by atoms with Crippen molar-refractivity contribution in [2.75, 3.05) is 45.9 Å². The number of hydrogen-bond acceptors (Lipinski definition) is 7. The summed E-state index contributed by atoms with van der Waals surface area (Å²) in [6.07, 6.45) is -0.792. The number of nitrogens with zero attached hydrogens (tertiary/aromatic N) is 3. The van der Waals surface area contributed by atoms with Crippen LogP contribution in [0.2, 0.25) is 0 Å². The number of nitrogens with one attached hydrogen (secondary N) is 1. The third-order valence-electron chi connectivity index (χ3n) is 4.31. The van der Waals surface area contributed by atoms with Crippen LogP contribution in [0.5, 0.6) is 0 Å². The molecule has 3 amide bonds. The zero-order valence-electron chi connectivity index (χ0n) is 21.9. The van der Waals surface area contributed by atoms with Crippen molar-refractivity contribution in [3.63, 3.8) is 0 Å². The van der Waals surface area contributed by atoms with Gasteiger partial charge in [0, 0.05) is 39.3 Å². The van der Waals surface area contributed by atoms with Crippen LogP contribution in [0.3, 0.4) is 0 Å². The molecule has 192 valence electrons. The van der Waals surface area contributed by atoms with E-state index in [2.05, 4.69) is 5.32 Å². The van der Waals surface area contributed by atoms with Gasteiger partial charge in [-0.2, -0.15) is 0 Å². The van der Waals surface area contributed by atoms with Crippen LogP contribution in [0.1, 0.15) is 68.7 Å². The topological polar surface area (TPSA) is 101 Å². The van der Waals surface area contributed by atoms with E-state index in [1.165, 1.54) is 4.90 Å². The van der Waals surface area contributed by atoms with Gasteiger partial charge in [-0.25, -0.2) is 14.4 Å². The predicted octanol–water partition coefficient (Wildman–Crippen LogP) is 3.65. The van der Waals surface area contributed by atoms with Crippen LogP contribution in [0.15, 0.2) is 0 Å². The van der Waals surface area contributed by atoms with Crippen molar-refractivity contribution < 1.29 is 28.6 Å². The average molecular weight is 473 g/mol. The Morgan fingerprint density at radius 3 is 1.36 bits per heavy atom. The fourth-order valence-electron chi connectivity index (χ4n) is 2.92. The fourth-order valence-corrected chi connectivity index (χ4v) is 2.92. The Morgan fingerprint density at radius 1 is 0.576 bits per heavy atom. The van der Waals surface area contributed by atoms with Gasteiger partial charge in [0.2, 0.25) is 0 Å². The SMILES string of the molecule is CC(C)(C)OC(=O)N1CCCN(C(=O)OC(C)(C)C)CCN(C(=O)OC(C)(C)C)CNCC1. The van der Waals surface area contributed by atoms with Gasteiger partial charge in [-0.15, -0.1) is 0 Å². The summed E-state index contributed by atoms with van der Waals surface area (Å²) in [6.45, 7) is 18.8. The van der Waals surface area contributed by atoms with Crippen molar-refractivity contribution in [2.24, 2.45) is 0 Å². The molecule has 1 saturated heterocycles. The van der Waals surface area contributed by atoms with Crippen LogP contribution >= 0.6 is 0 Å². The van der Waals surface area contributed by atoms with Gasteiger partial charge in [0.1, 0.15) is 16.8 Å². The molecule has 0 atom stereocenters. The first-order valence-corrected chi connectivity index (χ1v) is 11.6. The molecule has 0 saturated carbocycles. The van der Waals surface area contributed by atoms with Crippen molar-refractivity contribution in [3.05, 3.63) is 0 Å². The van der Waals surface area contributed by atoms with Crippen molar-refractivity contribution in [1.29, 1.82) is 0 Å². The van der Waals surface area contributed by atoms with Gasteiger partial charge in [0.05, 0.1) is 6.67 Å². The maximum Gasteiger partial charge on any atom is 0.411 e. The highest BCUT2D eigenvalue weighted by molar-refractivity contribution is 5.70. The molecule has 10 heteroatoms. The van der Waals surface area contributed by atoms with Gasteiger partial charge in [-0.3, -0.25) is 10.2 Å². The Balaban J connectivity index is 3.01. The molecule has 0 aliphatic carbocycles. The lowest BCUT2D eigenvalue weighted by molar-refractivity contribution is 0.00926. The predicted molar refractivity (Wildman–Crippen MR) is 126 cm³/mol. The van der Waals surface area contributed by atoms with Gasteiger partial charge in [0.15, 0.2) is 0 Å². The standard InChI is InChI=1S/C23H44N4O6/c1-21(2,3)31-18(28)25-12-10-13-26(19(29)32-22(4,5)6)15-16-27(17-24-11-14-25)20(30)33-23(7,8)9/h24H,10-17H2,1-9H3. The van der Waals surface area contributed by atoms with Crippen LogP contribution in [-0.4, -0.2) is 95.7 Å². The van der Waals surface area contributed by atoms with E-state index < -0.39 is 35.1 Å². The summed E-state index contributed by atoms with van der Waals surface area (Å²) < 4.78 is 16.6.